The number of allylic oxidation sites excluding steroid dienone is 1. The highest BCUT2D eigenvalue weighted by molar-refractivity contribution is 6.10. The van der Waals surface area contributed by atoms with E-state index in [0.29, 0.717) is 23.1 Å². The van der Waals surface area contributed by atoms with E-state index >= 15 is 0 Å². The molecule has 0 unspecified atom stereocenters. The molecule has 0 amide bonds. The van der Waals surface area contributed by atoms with Gasteiger partial charge in [0, 0.05) is 31.3 Å². The molecule has 1 spiro atoms. The van der Waals surface area contributed by atoms with Gasteiger partial charge in [0.25, 0.3) is 0 Å². The Bertz CT molecular complexity index is 789. The van der Waals surface area contributed by atoms with E-state index in [1.165, 1.54) is 19.3 Å². The van der Waals surface area contributed by atoms with E-state index in [0.717, 1.165) is 37.1 Å². The van der Waals surface area contributed by atoms with Crippen molar-refractivity contribution in [2.24, 2.45) is 5.41 Å². The van der Waals surface area contributed by atoms with Gasteiger partial charge in [0.1, 0.15) is 17.3 Å². The maximum atomic E-state index is 12.4. The quantitative estimate of drug-likeness (QED) is 0.783. The third-order valence-electron chi connectivity index (χ3n) is 5.92. The highest BCUT2D eigenvalue weighted by atomic mass is 16.1. The van der Waals surface area contributed by atoms with Gasteiger partial charge in [0.05, 0.1) is 5.70 Å². The van der Waals surface area contributed by atoms with E-state index in [4.69, 9.17) is 0 Å². The fourth-order valence-corrected chi connectivity index (χ4v) is 4.28. The molecule has 5 heteroatoms. The molecule has 1 aliphatic heterocycles. The summed E-state index contributed by atoms with van der Waals surface area (Å²) in [6.07, 6.45) is 8.66. The molecule has 0 aromatic carbocycles. The van der Waals surface area contributed by atoms with Gasteiger partial charge in [-0.2, -0.15) is 5.26 Å². The molecule has 2 fully saturated rings. The molecular formula is C19H19N3O2. The molecule has 3 aliphatic rings. The summed E-state index contributed by atoms with van der Waals surface area (Å²) in [4.78, 5) is 29.7. The molecular weight excluding hydrogens is 302 g/mol. The lowest BCUT2D eigenvalue weighted by Crippen LogP contribution is -2.43. The summed E-state index contributed by atoms with van der Waals surface area (Å²) in [6.45, 7) is 1.73. The molecule has 4 rings (SSSR count). The van der Waals surface area contributed by atoms with E-state index in [1.54, 1.807) is 12.3 Å². The summed E-state index contributed by atoms with van der Waals surface area (Å²) in [5.41, 5.74) is 3.41. The van der Waals surface area contributed by atoms with Gasteiger partial charge in [-0.15, -0.1) is 0 Å². The van der Waals surface area contributed by atoms with Crippen molar-refractivity contribution in [2.45, 2.75) is 38.5 Å². The lowest BCUT2D eigenvalue weighted by molar-refractivity contribution is -0.114. The maximum Gasteiger partial charge on any atom is 0.179 e. The van der Waals surface area contributed by atoms with Crippen LogP contribution < -0.4 is 0 Å². The van der Waals surface area contributed by atoms with Gasteiger partial charge in [-0.25, -0.2) is 0 Å². The number of carbonyl (C=O) groups is 2. The van der Waals surface area contributed by atoms with Crippen LogP contribution in [-0.4, -0.2) is 35.0 Å². The number of rotatable bonds is 2. The van der Waals surface area contributed by atoms with Crippen molar-refractivity contribution in [3.63, 3.8) is 0 Å². The van der Waals surface area contributed by atoms with Crippen LogP contribution in [0.2, 0.25) is 0 Å². The highest BCUT2D eigenvalue weighted by Gasteiger charge is 2.41. The number of fused-ring (bicyclic) bond motifs is 1. The van der Waals surface area contributed by atoms with Crippen LogP contribution in [-0.2, 0) is 11.2 Å². The molecule has 1 aromatic heterocycles. The van der Waals surface area contributed by atoms with Crippen LogP contribution in [0.4, 0.5) is 0 Å². The number of aromatic nitrogens is 1. The van der Waals surface area contributed by atoms with Crippen molar-refractivity contribution in [3.8, 4) is 6.07 Å². The number of aldehydes is 1. The number of piperidine rings is 1. The summed E-state index contributed by atoms with van der Waals surface area (Å²) in [5.74, 6) is -0.149. The molecule has 0 N–H and O–H groups in total. The Kier molecular flexibility index (Phi) is 3.49. The number of likely N-dealkylation sites (tertiary alicyclic amines) is 1. The fourth-order valence-electron chi connectivity index (χ4n) is 4.28. The highest BCUT2D eigenvalue weighted by Crippen LogP contribution is 2.50. The number of Topliss-reactive ketones (excluding diaryl/α,β-unsaturated/α-hetero) is 1. The third kappa shape index (κ3) is 2.25. The minimum Gasteiger partial charge on any atom is -0.370 e. The van der Waals surface area contributed by atoms with Gasteiger partial charge in [-0.1, -0.05) is 6.42 Å². The van der Waals surface area contributed by atoms with E-state index < -0.39 is 0 Å². The van der Waals surface area contributed by atoms with E-state index in [-0.39, 0.29) is 17.8 Å². The summed E-state index contributed by atoms with van der Waals surface area (Å²) < 4.78 is 0. The molecule has 2 heterocycles. The molecule has 0 atom stereocenters. The predicted octanol–water partition coefficient (Wildman–Crippen LogP) is 2.52. The van der Waals surface area contributed by atoms with Gasteiger partial charge in [-0.3, -0.25) is 14.6 Å². The lowest BCUT2D eigenvalue weighted by Gasteiger charge is -2.49. The second-order valence-electron chi connectivity index (χ2n) is 7.16. The number of nitriles is 1. The first kappa shape index (κ1) is 15.1. The Hall–Kier alpha value is -2.48. The Morgan fingerprint density at radius 1 is 1.25 bits per heavy atom. The zero-order valence-electron chi connectivity index (χ0n) is 13.5. The average Bonchev–Trinajstić information content (AvgIpc) is 2.59. The topological polar surface area (TPSA) is 74.1 Å². The summed E-state index contributed by atoms with van der Waals surface area (Å²) in [5, 5.41) is 9.53. The number of hydrogen-bond acceptors (Lipinski definition) is 5. The Morgan fingerprint density at radius 3 is 2.58 bits per heavy atom. The van der Waals surface area contributed by atoms with Gasteiger partial charge in [0.2, 0.25) is 0 Å². The minimum atomic E-state index is -0.149. The van der Waals surface area contributed by atoms with Crippen LogP contribution in [0.25, 0.3) is 5.70 Å². The largest absolute Gasteiger partial charge is 0.370 e. The van der Waals surface area contributed by atoms with Crippen LogP contribution in [0.1, 0.15) is 53.7 Å². The van der Waals surface area contributed by atoms with Crippen LogP contribution in [0.5, 0.6) is 0 Å². The molecule has 2 aliphatic carbocycles. The summed E-state index contributed by atoms with van der Waals surface area (Å²) in [6, 6.07) is 3.83. The predicted molar refractivity (Wildman–Crippen MR) is 88.0 cm³/mol. The van der Waals surface area contributed by atoms with Crippen molar-refractivity contribution in [2.75, 3.05) is 13.1 Å². The molecule has 0 radical (unpaired) electrons. The Morgan fingerprint density at radius 2 is 2.00 bits per heavy atom. The van der Waals surface area contributed by atoms with Crippen molar-refractivity contribution in [1.29, 1.82) is 5.26 Å². The normalized spacial score (nSPS) is 22.0. The van der Waals surface area contributed by atoms with Gasteiger partial charge in [-0.05, 0) is 42.7 Å². The van der Waals surface area contributed by atoms with Crippen LogP contribution in [0, 0.1) is 16.7 Å². The van der Waals surface area contributed by atoms with Gasteiger partial charge in [0.15, 0.2) is 12.1 Å². The molecule has 1 saturated heterocycles. The standard InChI is InChI=1S/C19H19N3O2/c20-10-16-17(24)8-13-11-21-14(12-23)9-15(13)18(16)22-6-4-19(5-7-22)2-1-3-19/h9,11-12H,1-8H2. The molecule has 1 saturated carbocycles. The number of ketones is 1. The van der Waals surface area contributed by atoms with Gasteiger partial charge >= 0.3 is 0 Å². The monoisotopic (exact) mass is 321 g/mol. The van der Waals surface area contributed by atoms with E-state index in [1.807, 2.05) is 0 Å². The number of carbonyl (C=O) groups excluding carboxylic acids is 2. The Labute approximate surface area is 141 Å². The second-order valence-corrected chi connectivity index (χ2v) is 7.16. The van der Waals surface area contributed by atoms with Gasteiger partial charge < -0.3 is 4.90 Å². The molecule has 0 bridgehead atoms. The number of nitrogens with zero attached hydrogens (tertiary/aromatic N) is 3. The van der Waals surface area contributed by atoms with Crippen molar-refractivity contribution in [1.82, 2.24) is 9.88 Å². The lowest BCUT2D eigenvalue weighted by atomic mass is 9.63. The minimum absolute atomic E-state index is 0.149. The van der Waals surface area contributed by atoms with Crippen LogP contribution >= 0.6 is 0 Å². The van der Waals surface area contributed by atoms with Crippen LogP contribution in [0.15, 0.2) is 17.8 Å². The third-order valence-corrected chi connectivity index (χ3v) is 5.92. The number of hydrogen-bond donors (Lipinski definition) is 0. The average molecular weight is 321 g/mol. The molecule has 1 aromatic rings. The number of pyridine rings is 1. The molecule has 5 nitrogen and oxygen atoms in total. The van der Waals surface area contributed by atoms with Crippen molar-refractivity contribution >= 4 is 17.8 Å². The smallest absolute Gasteiger partial charge is 0.179 e. The maximum absolute atomic E-state index is 12.4. The first-order chi connectivity index (χ1) is 11.7. The first-order valence-electron chi connectivity index (χ1n) is 8.53. The fraction of sp³-hybridized carbons (Fsp3) is 0.474. The zero-order valence-corrected chi connectivity index (χ0v) is 13.5. The first-order valence-corrected chi connectivity index (χ1v) is 8.53. The summed E-state index contributed by atoms with van der Waals surface area (Å²) >= 11 is 0. The summed E-state index contributed by atoms with van der Waals surface area (Å²) in [7, 11) is 0. The molecule has 24 heavy (non-hydrogen) atoms. The van der Waals surface area contributed by atoms with Crippen LogP contribution in [0.3, 0.4) is 0 Å². The SMILES string of the molecule is N#CC1=C(N2CCC3(CCC3)CC2)c2cc(C=O)ncc2CC1=O. The second kappa shape index (κ2) is 5.55. The van der Waals surface area contributed by atoms with Crippen molar-refractivity contribution < 1.29 is 9.59 Å². The van der Waals surface area contributed by atoms with E-state index in [2.05, 4.69) is 16.0 Å². The molecule has 122 valence electrons. The van der Waals surface area contributed by atoms with E-state index in [9.17, 15) is 14.9 Å². The zero-order chi connectivity index (χ0) is 16.7. The Balaban J connectivity index is 1.75. The van der Waals surface area contributed by atoms with Crippen molar-refractivity contribution in [3.05, 3.63) is 34.7 Å².